The predicted octanol–water partition coefficient (Wildman–Crippen LogP) is -1.54. The summed E-state index contributed by atoms with van der Waals surface area (Å²) in [5.74, 6) is -2.95. The van der Waals surface area contributed by atoms with Crippen LogP contribution in [0.15, 0.2) is 54.6 Å². The number of rotatable bonds is 13. The van der Waals surface area contributed by atoms with Crippen molar-refractivity contribution in [2.75, 3.05) is 13.2 Å². The van der Waals surface area contributed by atoms with Crippen molar-refractivity contribution < 1.29 is 54.2 Å². The highest BCUT2D eigenvalue weighted by atomic mass is 16.6. The second-order valence-electron chi connectivity index (χ2n) is 12.8. The van der Waals surface area contributed by atoms with Crippen LogP contribution < -0.4 is 16.4 Å². The van der Waals surface area contributed by atoms with Gasteiger partial charge in [-0.15, -0.1) is 0 Å². The number of carbonyl (C=O) groups is 4. The zero-order valence-electron chi connectivity index (χ0n) is 27.4. The van der Waals surface area contributed by atoms with E-state index in [0.29, 0.717) is 19.4 Å². The molecule has 0 unspecified atom stereocenters. The molecule has 2 aliphatic rings. The number of ether oxygens (including phenoxy) is 2. The van der Waals surface area contributed by atoms with Crippen LogP contribution in [0.4, 0.5) is 0 Å². The number of phenols is 1. The minimum absolute atomic E-state index is 0.0690. The number of hydrogen-bond acceptors (Lipinski definition) is 12. The summed E-state index contributed by atoms with van der Waals surface area (Å²) in [5.41, 5.74) is 7.71. The van der Waals surface area contributed by atoms with E-state index in [1.807, 2.05) is 0 Å². The summed E-state index contributed by atoms with van der Waals surface area (Å²) in [4.78, 5) is 55.3. The van der Waals surface area contributed by atoms with Crippen LogP contribution in [0, 0.1) is 5.92 Å². The van der Waals surface area contributed by atoms with E-state index in [4.69, 9.17) is 15.2 Å². The van der Waals surface area contributed by atoms with E-state index in [-0.39, 0.29) is 18.6 Å². The monoisotopic (exact) mass is 686 g/mol. The Balaban J connectivity index is 1.43. The van der Waals surface area contributed by atoms with Crippen LogP contribution in [0.5, 0.6) is 5.75 Å². The fourth-order valence-corrected chi connectivity index (χ4v) is 5.89. The summed E-state index contributed by atoms with van der Waals surface area (Å²) in [6.45, 7) is 3.04. The minimum Gasteiger partial charge on any atom is -0.508 e. The zero-order chi connectivity index (χ0) is 35.8. The van der Waals surface area contributed by atoms with E-state index in [2.05, 4.69) is 10.6 Å². The topological polar surface area (TPSA) is 241 Å². The second-order valence-corrected chi connectivity index (χ2v) is 12.8. The molecule has 0 aliphatic carbocycles. The van der Waals surface area contributed by atoms with Crippen molar-refractivity contribution in [1.82, 2.24) is 15.5 Å². The number of carbonyl (C=O) groups excluding carboxylic acids is 4. The molecule has 0 radical (unpaired) electrons. The van der Waals surface area contributed by atoms with E-state index in [1.165, 1.54) is 17.0 Å². The van der Waals surface area contributed by atoms with Crippen LogP contribution in [0.2, 0.25) is 0 Å². The minimum atomic E-state index is -1.81. The highest BCUT2D eigenvalue weighted by Gasteiger charge is 2.44. The van der Waals surface area contributed by atoms with Crippen LogP contribution in [0.3, 0.4) is 0 Å². The standard InChI is InChI=1S/C34H46N4O11/c1-18(2)26(33(46)48-17-25-27(40)28(41)29(42)34(47)49-25)37-30(43)23(16-19-7-4-3-5-8-19)36-31(44)24-9-6-14-38(24)32(45)22(35)15-20-10-12-21(39)13-11-20/h3-5,7-8,10-13,18,22-29,34,39-42,47H,6,9,14-17,35H2,1-2H3,(H,36,44)(H,37,43)/t22-,23-,24-,25+,26-,27+,28-,29+,34+/m0/s1. The number of amides is 3. The van der Waals surface area contributed by atoms with Gasteiger partial charge in [0.1, 0.15) is 54.9 Å². The number of nitrogens with two attached hydrogens (primary N) is 1. The number of esters is 1. The van der Waals surface area contributed by atoms with Gasteiger partial charge in [0.25, 0.3) is 0 Å². The van der Waals surface area contributed by atoms with Crippen molar-refractivity contribution >= 4 is 23.7 Å². The van der Waals surface area contributed by atoms with Crippen molar-refractivity contribution in [3.05, 3.63) is 65.7 Å². The van der Waals surface area contributed by atoms with Crippen molar-refractivity contribution in [2.45, 2.75) is 94.4 Å². The van der Waals surface area contributed by atoms with Gasteiger partial charge in [-0.2, -0.15) is 0 Å². The molecule has 0 spiro atoms. The van der Waals surface area contributed by atoms with Gasteiger partial charge in [-0.05, 0) is 48.4 Å². The molecule has 2 heterocycles. The Morgan fingerprint density at radius 1 is 0.918 bits per heavy atom. The largest absolute Gasteiger partial charge is 0.508 e. The molecule has 2 aliphatic heterocycles. The van der Waals surface area contributed by atoms with Crippen molar-refractivity contribution in [3.63, 3.8) is 0 Å². The lowest BCUT2D eigenvalue weighted by molar-refractivity contribution is -0.287. The summed E-state index contributed by atoms with van der Waals surface area (Å²) in [5, 5.41) is 54.6. The van der Waals surface area contributed by atoms with E-state index < -0.39 is 91.1 Å². The predicted molar refractivity (Wildman–Crippen MR) is 173 cm³/mol. The maximum Gasteiger partial charge on any atom is 0.328 e. The molecule has 4 rings (SSSR count). The quantitative estimate of drug-likeness (QED) is 0.112. The molecule has 15 heteroatoms. The first kappa shape index (κ1) is 37.7. The Labute approximate surface area is 284 Å². The number of likely N-dealkylation sites (tertiary alicyclic amines) is 1. The van der Waals surface area contributed by atoms with Gasteiger partial charge in [0.2, 0.25) is 17.7 Å². The molecule has 0 aromatic heterocycles. The van der Waals surface area contributed by atoms with Gasteiger partial charge in [-0.1, -0.05) is 56.3 Å². The number of hydrogen-bond donors (Lipinski definition) is 8. The van der Waals surface area contributed by atoms with Gasteiger partial charge >= 0.3 is 5.97 Å². The SMILES string of the molecule is CC(C)[C@H](NC(=O)[C@H](Cc1ccccc1)NC(=O)[C@@H]1CCCN1C(=O)[C@@H](N)Cc1ccc(O)cc1)C(=O)OC[C@H]1O[C@@H](O)[C@H](O)[C@@H](O)[C@@H]1O. The third-order valence-electron chi connectivity index (χ3n) is 8.76. The zero-order valence-corrected chi connectivity index (χ0v) is 27.4. The van der Waals surface area contributed by atoms with Gasteiger partial charge in [0, 0.05) is 13.0 Å². The number of aliphatic hydroxyl groups is 4. The molecule has 15 nitrogen and oxygen atoms in total. The molecule has 9 atom stereocenters. The number of nitrogens with zero attached hydrogens (tertiary/aromatic N) is 1. The molecular weight excluding hydrogens is 640 g/mol. The lowest BCUT2D eigenvalue weighted by Crippen LogP contribution is -2.59. The Bertz CT molecular complexity index is 1430. The number of aromatic hydroxyl groups is 1. The van der Waals surface area contributed by atoms with Crippen LogP contribution in [0.25, 0.3) is 0 Å². The van der Waals surface area contributed by atoms with E-state index in [0.717, 1.165) is 11.1 Å². The van der Waals surface area contributed by atoms with Crippen LogP contribution >= 0.6 is 0 Å². The summed E-state index contributed by atoms with van der Waals surface area (Å²) in [6.07, 6.45) is -7.13. The summed E-state index contributed by atoms with van der Waals surface area (Å²) in [7, 11) is 0. The normalized spacial score (nSPS) is 25.7. The van der Waals surface area contributed by atoms with Gasteiger partial charge < -0.3 is 56.3 Å². The third kappa shape index (κ3) is 9.74. The van der Waals surface area contributed by atoms with E-state index in [9.17, 15) is 44.7 Å². The highest BCUT2D eigenvalue weighted by Crippen LogP contribution is 2.22. The molecule has 0 bridgehead atoms. The summed E-state index contributed by atoms with van der Waals surface area (Å²) in [6, 6.07) is 11.1. The lowest BCUT2D eigenvalue weighted by atomic mass is 9.99. The maximum absolute atomic E-state index is 13.7. The van der Waals surface area contributed by atoms with Gasteiger partial charge in [0.05, 0.1) is 6.04 Å². The maximum atomic E-state index is 13.7. The van der Waals surface area contributed by atoms with Gasteiger partial charge in [-0.3, -0.25) is 14.4 Å². The number of nitrogens with one attached hydrogen (secondary N) is 2. The van der Waals surface area contributed by atoms with Crippen molar-refractivity contribution in [3.8, 4) is 5.75 Å². The molecule has 268 valence electrons. The Morgan fingerprint density at radius 3 is 2.22 bits per heavy atom. The molecular formula is C34H46N4O11. The Kier molecular flexibility index (Phi) is 13.1. The number of phenolic OH excluding ortho intramolecular Hbond substituents is 1. The average molecular weight is 687 g/mol. The first-order valence-electron chi connectivity index (χ1n) is 16.3. The van der Waals surface area contributed by atoms with Crippen LogP contribution in [-0.4, -0.2) is 122 Å². The molecule has 2 aromatic rings. The second kappa shape index (κ2) is 17.0. The molecule has 2 saturated heterocycles. The molecule has 3 amide bonds. The molecule has 2 aromatic carbocycles. The number of aliphatic hydroxyl groups excluding tert-OH is 4. The van der Waals surface area contributed by atoms with Crippen molar-refractivity contribution in [1.29, 1.82) is 0 Å². The summed E-state index contributed by atoms with van der Waals surface area (Å²) >= 11 is 0. The Hall–Kier alpha value is -4.12. The fraction of sp³-hybridized carbons (Fsp3) is 0.529. The smallest absolute Gasteiger partial charge is 0.328 e. The van der Waals surface area contributed by atoms with E-state index >= 15 is 0 Å². The highest BCUT2D eigenvalue weighted by molar-refractivity contribution is 5.94. The molecule has 49 heavy (non-hydrogen) atoms. The van der Waals surface area contributed by atoms with Crippen LogP contribution in [0.1, 0.15) is 37.8 Å². The Morgan fingerprint density at radius 2 is 1.57 bits per heavy atom. The first-order valence-corrected chi connectivity index (χ1v) is 16.3. The molecule has 2 fully saturated rings. The summed E-state index contributed by atoms with van der Waals surface area (Å²) < 4.78 is 10.3. The van der Waals surface area contributed by atoms with Gasteiger partial charge in [0.15, 0.2) is 6.29 Å². The van der Waals surface area contributed by atoms with Crippen LogP contribution in [-0.2, 0) is 41.5 Å². The molecule has 0 saturated carbocycles. The molecule has 9 N–H and O–H groups in total. The third-order valence-corrected chi connectivity index (χ3v) is 8.76. The van der Waals surface area contributed by atoms with Gasteiger partial charge in [-0.25, -0.2) is 4.79 Å². The van der Waals surface area contributed by atoms with Crippen molar-refractivity contribution in [2.24, 2.45) is 11.7 Å². The lowest BCUT2D eigenvalue weighted by Gasteiger charge is -2.38. The number of benzene rings is 2. The first-order chi connectivity index (χ1) is 23.3. The van der Waals surface area contributed by atoms with E-state index in [1.54, 1.807) is 56.3 Å². The average Bonchev–Trinajstić information content (AvgIpc) is 3.58. The fourth-order valence-electron chi connectivity index (χ4n) is 5.89.